The third-order valence-electron chi connectivity index (χ3n) is 3.23. The van der Waals surface area contributed by atoms with Crippen molar-refractivity contribution in [3.8, 4) is 0 Å². The van der Waals surface area contributed by atoms with E-state index in [0.29, 0.717) is 16.6 Å². The maximum Gasteiger partial charge on any atom is 0.141 e. The number of hydrogen-bond donors (Lipinski definition) is 0. The quantitative estimate of drug-likeness (QED) is 0.664. The zero-order valence-corrected chi connectivity index (χ0v) is 14.5. The first-order valence-electron chi connectivity index (χ1n) is 6.36. The van der Waals surface area contributed by atoms with E-state index in [2.05, 4.69) is 15.9 Å². The molecule has 0 amide bonds. The maximum atomic E-state index is 11.5. The number of halogens is 3. The van der Waals surface area contributed by atoms with E-state index in [1.807, 2.05) is 42.3 Å². The Bertz CT molecular complexity index is 648. The lowest BCUT2D eigenvalue weighted by Gasteiger charge is -2.24. The van der Waals surface area contributed by atoms with Gasteiger partial charge < -0.3 is 4.79 Å². The van der Waals surface area contributed by atoms with Crippen LogP contribution in [0.25, 0.3) is 0 Å². The Hall–Kier alpha value is -0.870. The second kappa shape index (κ2) is 7.41. The highest BCUT2D eigenvalue weighted by Crippen LogP contribution is 2.26. The van der Waals surface area contributed by atoms with Gasteiger partial charge in [-0.15, -0.1) is 0 Å². The highest BCUT2D eigenvalue weighted by molar-refractivity contribution is 9.10. The second-order valence-corrected chi connectivity index (χ2v) is 6.55. The van der Waals surface area contributed by atoms with Gasteiger partial charge in [0.05, 0.1) is 6.04 Å². The second-order valence-electron chi connectivity index (χ2n) is 4.79. The van der Waals surface area contributed by atoms with Crippen LogP contribution in [0.3, 0.4) is 0 Å². The lowest BCUT2D eigenvalue weighted by atomic mass is 10.1. The van der Waals surface area contributed by atoms with Crippen molar-refractivity contribution in [3.05, 3.63) is 68.1 Å². The summed E-state index contributed by atoms with van der Waals surface area (Å²) in [6.07, 6.45) is 0.936. The molecule has 2 nitrogen and oxygen atoms in total. The van der Waals surface area contributed by atoms with E-state index in [1.165, 1.54) is 0 Å². The largest absolute Gasteiger partial charge is 0.301 e. The van der Waals surface area contributed by atoms with Crippen molar-refractivity contribution >= 4 is 45.4 Å². The summed E-state index contributed by atoms with van der Waals surface area (Å²) >= 11 is 15.5. The number of likely N-dealkylation sites (N-methyl/N-ethyl adjacent to an activating group) is 1. The topological polar surface area (TPSA) is 20.3 Å². The summed E-state index contributed by atoms with van der Waals surface area (Å²) in [6, 6.07) is 12.8. The minimum atomic E-state index is -0.325. The van der Waals surface area contributed by atoms with Gasteiger partial charge in [-0.3, -0.25) is 4.90 Å². The predicted molar refractivity (Wildman–Crippen MR) is 90.9 cm³/mol. The number of hydrogen-bond acceptors (Lipinski definition) is 2. The van der Waals surface area contributed by atoms with Crippen LogP contribution in [0.15, 0.2) is 46.9 Å². The molecule has 0 saturated heterocycles. The Balaban J connectivity index is 2.20. The molecule has 0 spiro atoms. The lowest BCUT2D eigenvalue weighted by Crippen LogP contribution is -2.25. The van der Waals surface area contributed by atoms with Crippen molar-refractivity contribution in [2.24, 2.45) is 0 Å². The van der Waals surface area contributed by atoms with Gasteiger partial charge in [-0.1, -0.05) is 57.3 Å². The molecule has 21 heavy (non-hydrogen) atoms. The van der Waals surface area contributed by atoms with Crippen LogP contribution in [0.2, 0.25) is 10.0 Å². The highest BCUT2D eigenvalue weighted by Gasteiger charge is 2.17. The molecule has 0 unspecified atom stereocenters. The van der Waals surface area contributed by atoms with E-state index in [9.17, 15) is 4.79 Å². The number of rotatable bonds is 5. The molecule has 2 aromatic rings. The lowest BCUT2D eigenvalue weighted by molar-refractivity contribution is -0.112. The van der Waals surface area contributed by atoms with Crippen LogP contribution in [0, 0.1) is 0 Å². The molecule has 0 aliphatic heterocycles. The Morgan fingerprint density at radius 2 is 2.00 bits per heavy atom. The fourth-order valence-corrected chi connectivity index (χ4v) is 3.03. The average molecular weight is 387 g/mol. The summed E-state index contributed by atoms with van der Waals surface area (Å²) < 4.78 is 0.949. The summed E-state index contributed by atoms with van der Waals surface area (Å²) in [4.78, 5) is 13.4. The third kappa shape index (κ3) is 4.30. The third-order valence-corrected chi connectivity index (χ3v) is 4.31. The van der Waals surface area contributed by atoms with Crippen molar-refractivity contribution in [1.29, 1.82) is 0 Å². The zero-order chi connectivity index (χ0) is 15.4. The Labute approximate surface area is 142 Å². The van der Waals surface area contributed by atoms with Gasteiger partial charge in [0.25, 0.3) is 0 Å². The first-order valence-corrected chi connectivity index (χ1v) is 7.91. The summed E-state index contributed by atoms with van der Waals surface area (Å²) in [6.45, 7) is 0.561. The predicted octanol–water partition coefficient (Wildman–Crippen LogP) is 5.13. The van der Waals surface area contributed by atoms with E-state index >= 15 is 0 Å². The van der Waals surface area contributed by atoms with Gasteiger partial charge in [0.1, 0.15) is 6.29 Å². The minimum Gasteiger partial charge on any atom is -0.301 e. The fourth-order valence-electron chi connectivity index (χ4n) is 2.14. The van der Waals surface area contributed by atoms with Crippen molar-refractivity contribution < 1.29 is 4.79 Å². The zero-order valence-electron chi connectivity index (χ0n) is 11.4. The first kappa shape index (κ1) is 16.5. The molecule has 2 aromatic carbocycles. The Morgan fingerprint density at radius 1 is 1.24 bits per heavy atom. The summed E-state index contributed by atoms with van der Waals surface area (Å²) in [7, 11) is 1.89. The standard InChI is InChI=1S/C16H14BrCl2NO/c1-20(9-12-5-6-14(18)8-15(12)19)16(10-21)11-3-2-4-13(17)7-11/h2-8,10,16H,9H2,1H3/t16-/m1/s1. The van der Waals surface area contributed by atoms with Gasteiger partial charge in [-0.2, -0.15) is 0 Å². The van der Waals surface area contributed by atoms with Crippen molar-refractivity contribution in [2.45, 2.75) is 12.6 Å². The monoisotopic (exact) mass is 385 g/mol. The van der Waals surface area contributed by atoms with Gasteiger partial charge in [-0.05, 0) is 42.4 Å². The minimum absolute atomic E-state index is 0.325. The van der Waals surface area contributed by atoms with Gasteiger partial charge in [0, 0.05) is 21.1 Å². The highest BCUT2D eigenvalue weighted by atomic mass is 79.9. The van der Waals surface area contributed by atoms with Crippen LogP contribution in [-0.2, 0) is 11.3 Å². The Kier molecular flexibility index (Phi) is 5.82. The van der Waals surface area contributed by atoms with Crippen molar-refractivity contribution in [2.75, 3.05) is 7.05 Å². The first-order chi connectivity index (χ1) is 10.0. The maximum absolute atomic E-state index is 11.5. The summed E-state index contributed by atoms with van der Waals surface area (Å²) in [5.74, 6) is 0. The SMILES string of the molecule is CN(Cc1ccc(Cl)cc1Cl)[C@H](C=O)c1cccc(Br)c1. The molecule has 0 saturated carbocycles. The van der Waals surface area contributed by atoms with Gasteiger partial charge in [0.2, 0.25) is 0 Å². The molecule has 0 fully saturated rings. The van der Waals surface area contributed by atoms with Gasteiger partial charge >= 0.3 is 0 Å². The average Bonchev–Trinajstić information content (AvgIpc) is 2.43. The van der Waals surface area contributed by atoms with Crippen LogP contribution >= 0.6 is 39.1 Å². The van der Waals surface area contributed by atoms with Crippen LogP contribution in [-0.4, -0.2) is 18.2 Å². The van der Waals surface area contributed by atoms with Gasteiger partial charge in [-0.25, -0.2) is 0 Å². The van der Waals surface area contributed by atoms with Crippen LogP contribution in [0.5, 0.6) is 0 Å². The summed E-state index contributed by atoms with van der Waals surface area (Å²) in [5.41, 5.74) is 1.87. The van der Waals surface area contributed by atoms with Crippen LogP contribution < -0.4 is 0 Å². The smallest absolute Gasteiger partial charge is 0.141 e. The van der Waals surface area contributed by atoms with Crippen molar-refractivity contribution in [3.63, 3.8) is 0 Å². The molecule has 0 radical (unpaired) electrons. The molecule has 0 N–H and O–H groups in total. The molecule has 0 aromatic heterocycles. The molecule has 1 atom stereocenters. The molecule has 110 valence electrons. The molecule has 0 heterocycles. The van der Waals surface area contributed by atoms with E-state index in [0.717, 1.165) is 21.9 Å². The van der Waals surface area contributed by atoms with Gasteiger partial charge in [0.15, 0.2) is 0 Å². The number of benzene rings is 2. The van der Waals surface area contributed by atoms with Crippen LogP contribution in [0.1, 0.15) is 17.2 Å². The molecule has 5 heteroatoms. The molecule has 0 bridgehead atoms. The number of carbonyl (C=O) groups is 1. The van der Waals surface area contributed by atoms with E-state index in [4.69, 9.17) is 23.2 Å². The molecule has 0 aliphatic rings. The van der Waals surface area contributed by atoms with Crippen molar-refractivity contribution in [1.82, 2.24) is 4.90 Å². The molecular weight excluding hydrogens is 373 g/mol. The normalized spacial score (nSPS) is 12.4. The van der Waals surface area contributed by atoms with Crippen LogP contribution in [0.4, 0.5) is 0 Å². The van der Waals surface area contributed by atoms with E-state index in [1.54, 1.807) is 12.1 Å². The Morgan fingerprint density at radius 3 is 2.62 bits per heavy atom. The number of aldehydes is 1. The molecule has 0 aliphatic carbocycles. The number of carbonyl (C=O) groups excluding carboxylic acids is 1. The molecular formula is C16H14BrCl2NO. The summed E-state index contributed by atoms with van der Waals surface area (Å²) in [5, 5.41) is 1.21. The fraction of sp³-hybridized carbons (Fsp3) is 0.188. The van der Waals surface area contributed by atoms with E-state index < -0.39 is 0 Å². The molecule has 2 rings (SSSR count). The number of nitrogens with zero attached hydrogens (tertiary/aromatic N) is 1. The van der Waals surface area contributed by atoms with E-state index in [-0.39, 0.29) is 6.04 Å².